The summed E-state index contributed by atoms with van der Waals surface area (Å²) in [6.45, 7) is 0.0284. The molecule has 1 aromatic rings. The molecule has 152 valence electrons. The average molecular weight is 426 g/mol. The van der Waals surface area contributed by atoms with Crippen LogP contribution in [0.15, 0.2) is 36.4 Å². The summed E-state index contributed by atoms with van der Waals surface area (Å²) < 4.78 is 0. The van der Waals surface area contributed by atoms with Crippen LogP contribution in [0.3, 0.4) is 0 Å². The number of rotatable bonds is 9. The maximum absolute atomic E-state index is 13.2. The zero-order valence-electron chi connectivity index (χ0n) is 15.6. The number of amides is 3. The van der Waals surface area contributed by atoms with Crippen molar-refractivity contribution in [2.75, 3.05) is 31.7 Å². The molecule has 1 aliphatic heterocycles. The molecule has 3 amide bonds. The lowest BCUT2D eigenvalue weighted by Crippen LogP contribution is -2.60. The number of carbonyl (C=O) groups excluding carboxylic acids is 3. The Morgan fingerprint density at radius 3 is 2.61 bits per heavy atom. The maximum atomic E-state index is 13.2. The number of thioether (sulfide) groups is 1. The van der Waals surface area contributed by atoms with Crippen LogP contribution in [0.1, 0.15) is 5.56 Å². The van der Waals surface area contributed by atoms with E-state index in [4.69, 9.17) is 17.3 Å². The Bertz CT molecular complexity index is 756. The lowest BCUT2D eigenvalue weighted by molar-refractivity contribution is -0.152. The normalized spacial score (nSPS) is 21.6. The molecular formula is C19H24ClN3O4S. The number of aliphatic hydroxyl groups excluding tert-OH is 1. The van der Waals surface area contributed by atoms with E-state index >= 15 is 0 Å². The molecule has 0 fully saturated rings. The monoisotopic (exact) mass is 425 g/mol. The van der Waals surface area contributed by atoms with Crippen molar-refractivity contribution in [2.45, 2.75) is 12.5 Å². The van der Waals surface area contributed by atoms with E-state index in [2.05, 4.69) is 5.32 Å². The number of aliphatic hydroxyl groups is 1. The van der Waals surface area contributed by atoms with Gasteiger partial charge >= 0.3 is 0 Å². The molecular weight excluding hydrogens is 402 g/mol. The molecule has 2 unspecified atom stereocenters. The van der Waals surface area contributed by atoms with E-state index in [9.17, 15) is 19.5 Å². The van der Waals surface area contributed by atoms with Gasteiger partial charge in [0.15, 0.2) is 0 Å². The van der Waals surface area contributed by atoms with Crippen LogP contribution < -0.4 is 11.1 Å². The number of nitrogens with one attached hydrogen (secondary N) is 1. The largest absolute Gasteiger partial charge is 0.395 e. The molecule has 0 saturated carbocycles. The highest BCUT2D eigenvalue weighted by Gasteiger charge is 2.49. The number of hydrogen-bond acceptors (Lipinski definition) is 5. The van der Waals surface area contributed by atoms with Gasteiger partial charge in [0, 0.05) is 23.9 Å². The van der Waals surface area contributed by atoms with Crippen LogP contribution in [0, 0.1) is 5.41 Å². The summed E-state index contributed by atoms with van der Waals surface area (Å²) in [5.74, 6) is -1.04. The molecule has 2 rings (SSSR count). The minimum Gasteiger partial charge on any atom is -0.395 e. The Kier molecular flexibility index (Phi) is 7.91. The number of benzene rings is 1. The molecule has 0 bridgehead atoms. The minimum atomic E-state index is -1.63. The van der Waals surface area contributed by atoms with Crippen molar-refractivity contribution in [3.63, 3.8) is 0 Å². The van der Waals surface area contributed by atoms with Gasteiger partial charge in [0.1, 0.15) is 11.5 Å². The molecule has 0 saturated heterocycles. The molecule has 1 aromatic carbocycles. The number of β-amino-alcohol motifs (C(OH)–C–C–N with tert-alkyl or cyclic N) is 1. The van der Waals surface area contributed by atoms with Gasteiger partial charge in [-0.3, -0.25) is 14.4 Å². The Hall–Kier alpha value is -2.03. The van der Waals surface area contributed by atoms with Gasteiger partial charge in [0.2, 0.25) is 17.7 Å². The third kappa shape index (κ3) is 4.87. The summed E-state index contributed by atoms with van der Waals surface area (Å²) in [6, 6.07) is 5.85. The highest BCUT2D eigenvalue weighted by atomic mass is 35.5. The zero-order valence-corrected chi connectivity index (χ0v) is 17.1. The first-order valence-corrected chi connectivity index (χ1v) is 10.5. The van der Waals surface area contributed by atoms with Crippen molar-refractivity contribution in [2.24, 2.45) is 11.1 Å². The fourth-order valence-electron chi connectivity index (χ4n) is 3.10. The van der Waals surface area contributed by atoms with Gasteiger partial charge < -0.3 is 21.1 Å². The van der Waals surface area contributed by atoms with Gasteiger partial charge in [-0.2, -0.15) is 11.8 Å². The first kappa shape index (κ1) is 22.3. The highest BCUT2D eigenvalue weighted by Crippen LogP contribution is 2.33. The predicted octanol–water partition coefficient (Wildman–Crippen LogP) is 0.593. The number of nitrogens with zero attached hydrogens (tertiary/aromatic N) is 1. The van der Waals surface area contributed by atoms with Crippen molar-refractivity contribution in [3.05, 3.63) is 47.0 Å². The van der Waals surface area contributed by atoms with Gasteiger partial charge in [-0.05, 0) is 30.4 Å². The molecule has 4 N–H and O–H groups in total. The molecule has 0 aliphatic carbocycles. The van der Waals surface area contributed by atoms with E-state index in [1.807, 2.05) is 6.26 Å². The van der Waals surface area contributed by atoms with Crippen LogP contribution in [0.2, 0.25) is 5.02 Å². The van der Waals surface area contributed by atoms with Crippen molar-refractivity contribution >= 4 is 41.1 Å². The van der Waals surface area contributed by atoms with Gasteiger partial charge in [-0.25, -0.2) is 0 Å². The lowest BCUT2D eigenvalue weighted by atomic mass is 9.76. The van der Waals surface area contributed by atoms with Crippen molar-refractivity contribution in [1.82, 2.24) is 10.2 Å². The zero-order chi connectivity index (χ0) is 20.7. The predicted molar refractivity (Wildman–Crippen MR) is 110 cm³/mol. The fourth-order valence-corrected chi connectivity index (χ4v) is 3.54. The molecule has 1 aliphatic rings. The van der Waals surface area contributed by atoms with E-state index in [-0.39, 0.29) is 25.5 Å². The first-order valence-electron chi connectivity index (χ1n) is 8.78. The molecule has 7 nitrogen and oxygen atoms in total. The molecule has 0 radical (unpaired) electrons. The Labute approximate surface area is 173 Å². The number of hydrogen-bond donors (Lipinski definition) is 3. The second kappa shape index (κ2) is 9.95. The van der Waals surface area contributed by atoms with Crippen molar-refractivity contribution in [1.29, 1.82) is 0 Å². The van der Waals surface area contributed by atoms with E-state index in [0.717, 1.165) is 5.75 Å². The summed E-state index contributed by atoms with van der Waals surface area (Å²) in [4.78, 5) is 39.3. The highest BCUT2D eigenvalue weighted by molar-refractivity contribution is 7.98. The fraction of sp³-hybridized carbons (Fsp3) is 0.421. The topological polar surface area (TPSA) is 113 Å². The van der Waals surface area contributed by atoms with Gasteiger partial charge in [-0.1, -0.05) is 35.9 Å². The first-order chi connectivity index (χ1) is 13.4. The third-order valence-corrected chi connectivity index (χ3v) is 5.46. The number of carbonyl (C=O) groups is 3. The SMILES string of the molecule is CSCCNC(=O)C1C=CC(Cc2ccc(Cl)cc2)(C(N)=O)C(=O)N1CCO. The molecule has 0 spiro atoms. The summed E-state index contributed by atoms with van der Waals surface area (Å²) in [7, 11) is 0. The van der Waals surface area contributed by atoms with Gasteiger partial charge in [0.25, 0.3) is 0 Å². The molecule has 2 atom stereocenters. The van der Waals surface area contributed by atoms with Crippen LogP contribution in [-0.2, 0) is 20.8 Å². The van der Waals surface area contributed by atoms with E-state index in [1.165, 1.54) is 17.1 Å². The number of primary amides is 1. The van der Waals surface area contributed by atoms with Gasteiger partial charge in [-0.15, -0.1) is 0 Å². The maximum Gasteiger partial charge on any atom is 0.246 e. The Balaban J connectivity index is 2.35. The standard InChI is InChI=1S/C19H24ClN3O4S/c1-28-11-8-22-16(25)15-6-7-19(17(21)26,18(27)23(15)9-10-24)12-13-2-4-14(20)5-3-13/h2-7,15,24H,8-12H2,1H3,(H2,21,26)(H,22,25). The second-order valence-electron chi connectivity index (χ2n) is 6.45. The molecule has 1 heterocycles. The van der Waals surface area contributed by atoms with Crippen molar-refractivity contribution < 1.29 is 19.5 Å². The summed E-state index contributed by atoms with van der Waals surface area (Å²) in [6.07, 6.45) is 4.88. The quantitative estimate of drug-likeness (QED) is 0.304. The molecule has 28 heavy (non-hydrogen) atoms. The van der Waals surface area contributed by atoms with Crippen LogP contribution in [-0.4, -0.2) is 65.5 Å². The summed E-state index contributed by atoms with van der Waals surface area (Å²) in [5.41, 5.74) is 4.69. The average Bonchev–Trinajstić information content (AvgIpc) is 2.66. The van der Waals surface area contributed by atoms with Crippen LogP contribution in [0.4, 0.5) is 0 Å². The second-order valence-corrected chi connectivity index (χ2v) is 7.87. The number of nitrogens with two attached hydrogens (primary N) is 1. The minimum absolute atomic E-state index is 0.0393. The summed E-state index contributed by atoms with van der Waals surface area (Å²) in [5, 5.41) is 12.7. The van der Waals surface area contributed by atoms with Crippen LogP contribution in [0.25, 0.3) is 0 Å². The summed E-state index contributed by atoms with van der Waals surface area (Å²) >= 11 is 7.48. The number of halogens is 1. The van der Waals surface area contributed by atoms with Crippen molar-refractivity contribution in [3.8, 4) is 0 Å². The third-order valence-electron chi connectivity index (χ3n) is 4.59. The smallest absolute Gasteiger partial charge is 0.246 e. The Morgan fingerprint density at radius 1 is 1.36 bits per heavy atom. The molecule has 0 aromatic heterocycles. The van der Waals surface area contributed by atoms with E-state index < -0.39 is 23.3 Å². The van der Waals surface area contributed by atoms with E-state index in [1.54, 1.807) is 36.0 Å². The molecule has 9 heteroatoms. The van der Waals surface area contributed by atoms with Crippen LogP contribution in [0.5, 0.6) is 0 Å². The van der Waals surface area contributed by atoms with Gasteiger partial charge in [0.05, 0.1) is 6.61 Å². The van der Waals surface area contributed by atoms with Crippen LogP contribution >= 0.6 is 23.4 Å². The van der Waals surface area contributed by atoms with E-state index in [0.29, 0.717) is 17.1 Å². The Morgan fingerprint density at radius 2 is 2.04 bits per heavy atom. The lowest BCUT2D eigenvalue weighted by Gasteiger charge is -2.40.